The van der Waals surface area contributed by atoms with Gasteiger partial charge in [0, 0.05) is 0 Å². The van der Waals surface area contributed by atoms with Crippen molar-refractivity contribution >= 4 is 23.2 Å². The third kappa shape index (κ3) is 4.74. The second-order valence-electron chi connectivity index (χ2n) is 8.44. The minimum Gasteiger partial charge on any atom is -0.405 e. The van der Waals surface area contributed by atoms with Gasteiger partial charge in [-0.1, -0.05) is 54.6 Å². The van der Waals surface area contributed by atoms with E-state index in [2.05, 4.69) is 77.5 Å². The maximum Gasteiger partial charge on any atom is 0.573 e. The summed E-state index contributed by atoms with van der Waals surface area (Å²) in [5.41, 5.74) is 3.23. The summed E-state index contributed by atoms with van der Waals surface area (Å²) in [6, 6.07) is 32.9. The summed E-state index contributed by atoms with van der Waals surface area (Å²) < 4.78 is 43.4. The van der Waals surface area contributed by atoms with Crippen molar-refractivity contribution in [1.82, 2.24) is 0 Å². The summed E-state index contributed by atoms with van der Waals surface area (Å²) in [7, 11) is -2.17. The summed E-state index contributed by atoms with van der Waals surface area (Å²) in [6.07, 6.45) is -4.02. The summed E-state index contributed by atoms with van der Waals surface area (Å²) in [5.74, 6) is -0.130. The van der Waals surface area contributed by atoms with E-state index in [-0.39, 0.29) is 5.75 Å². The molecule has 0 unspecified atom stereocenters. The molecule has 0 aliphatic rings. The zero-order valence-electron chi connectivity index (χ0n) is 19.4. The Kier molecular flexibility index (Phi) is 6.81. The van der Waals surface area contributed by atoms with E-state index in [0.717, 1.165) is 16.7 Å². The third-order valence-corrected chi connectivity index (χ3v) is 10.7. The molecule has 34 heavy (non-hydrogen) atoms. The molecule has 0 radical (unpaired) electrons. The van der Waals surface area contributed by atoms with E-state index in [4.69, 9.17) is 0 Å². The molecule has 0 fully saturated rings. The Labute approximate surface area is 199 Å². The van der Waals surface area contributed by atoms with Crippen molar-refractivity contribution in [2.75, 3.05) is 0 Å². The number of ether oxygens (including phenoxy) is 1. The molecule has 1 nitrogen and oxygen atoms in total. The highest BCUT2D eigenvalue weighted by atomic mass is 31.2. The first-order valence-corrected chi connectivity index (χ1v) is 13.1. The van der Waals surface area contributed by atoms with Crippen LogP contribution in [-0.2, 0) is 6.16 Å². The summed E-state index contributed by atoms with van der Waals surface area (Å²) >= 11 is 0. The predicted octanol–water partition coefficient (Wildman–Crippen LogP) is 7.00. The van der Waals surface area contributed by atoms with Crippen molar-refractivity contribution in [1.29, 1.82) is 0 Å². The first-order chi connectivity index (χ1) is 16.2. The molecule has 0 aliphatic heterocycles. The summed E-state index contributed by atoms with van der Waals surface area (Å²) in [4.78, 5) is 0. The van der Waals surface area contributed by atoms with Crippen LogP contribution in [0.25, 0.3) is 0 Å². The van der Waals surface area contributed by atoms with Crippen molar-refractivity contribution in [3.05, 3.63) is 119 Å². The van der Waals surface area contributed by atoms with Gasteiger partial charge in [0.15, 0.2) is 0 Å². The van der Waals surface area contributed by atoms with E-state index in [1.54, 1.807) is 6.92 Å². The molecule has 0 atom stereocenters. The molecule has 0 aliphatic carbocycles. The molecule has 0 amide bonds. The van der Waals surface area contributed by atoms with Crippen LogP contribution in [0.5, 0.6) is 5.75 Å². The lowest BCUT2D eigenvalue weighted by atomic mass is 9.98. The Hall–Kier alpha value is -3.10. The van der Waals surface area contributed by atoms with Gasteiger partial charge in [0.05, 0.1) is 6.16 Å². The number of rotatable bonds is 6. The molecule has 174 valence electrons. The molecule has 0 saturated carbocycles. The first-order valence-electron chi connectivity index (χ1n) is 11.1. The number of halogens is 3. The number of hydrogen-bond donors (Lipinski definition) is 0. The van der Waals surface area contributed by atoms with Crippen LogP contribution in [0, 0.1) is 20.8 Å². The molecule has 0 saturated heterocycles. The van der Waals surface area contributed by atoms with Gasteiger partial charge in [-0.25, -0.2) is 0 Å². The van der Waals surface area contributed by atoms with Gasteiger partial charge in [0.1, 0.15) is 28.9 Å². The minimum atomic E-state index is -4.72. The first kappa shape index (κ1) is 24.0. The second kappa shape index (κ2) is 9.64. The molecule has 0 bridgehead atoms. The number of hydrogen-bond acceptors (Lipinski definition) is 1. The average Bonchev–Trinajstić information content (AvgIpc) is 2.83. The Morgan fingerprint density at radius 2 is 1.06 bits per heavy atom. The molecule has 0 N–H and O–H groups in total. The van der Waals surface area contributed by atoms with E-state index in [9.17, 15) is 13.2 Å². The smallest absolute Gasteiger partial charge is 0.405 e. The van der Waals surface area contributed by atoms with Crippen LogP contribution in [0.15, 0.2) is 97.1 Å². The SMILES string of the molecule is Cc1cc(OC(F)(F)F)c(C)c(C)c1C[P+](c1ccccc1)(c1ccccc1)c1ccccc1. The Balaban J connectivity index is 1.98. The lowest BCUT2D eigenvalue weighted by Gasteiger charge is -2.29. The maximum absolute atomic E-state index is 13.0. The topological polar surface area (TPSA) is 9.23 Å². The molecule has 0 aromatic heterocycles. The van der Waals surface area contributed by atoms with Crippen LogP contribution in [0.1, 0.15) is 22.3 Å². The fraction of sp³-hybridized carbons (Fsp3) is 0.172. The van der Waals surface area contributed by atoms with E-state index >= 15 is 0 Å². The van der Waals surface area contributed by atoms with Crippen molar-refractivity contribution in [3.8, 4) is 5.75 Å². The van der Waals surface area contributed by atoms with Gasteiger partial charge < -0.3 is 4.74 Å². The highest BCUT2D eigenvalue weighted by molar-refractivity contribution is 7.95. The van der Waals surface area contributed by atoms with Crippen molar-refractivity contribution in [3.63, 3.8) is 0 Å². The van der Waals surface area contributed by atoms with E-state index in [1.165, 1.54) is 22.0 Å². The minimum absolute atomic E-state index is 0.130. The van der Waals surface area contributed by atoms with Crippen molar-refractivity contribution in [2.24, 2.45) is 0 Å². The van der Waals surface area contributed by atoms with Gasteiger partial charge >= 0.3 is 6.36 Å². The van der Waals surface area contributed by atoms with Crippen LogP contribution in [0.2, 0.25) is 0 Å². The van der Waals surface area contributed by atoms with Gasteiger partial charge in [-0.15, -0.1) is 13.2 Å². The lowest BCUT2D eigenvalue weighted by Crippen LogP contribution is -2.33. The Bertz CT molecular complexity index is 1160. The summed E-state index contributed by atoms with van der Waals surface area (Å²) in [5, 5.41) is 3.71. The van der Waals surface area contributed by atoms with E-state index < -0.39 is 13.6 Å². The number of benzene rings is 4. The zero-order valence-corrected chi connectivity index (χ0v) is 20.3. The normalized spacial score (nSPS) is 11.9. The standard InChI is InChI=1S/C29H27F3OP/c1-21-19-28(33-29(30,31)32)23(3)22(2)27(21)20-34(24-13-7-4-8-14-24,25-15-9-5-10-16-25)26-17-11-6-12-18-26/h4-19H,20H2,1-3H3/q+1. The highest BCUT2D eigenvalue weighted by Gasteiger charge is 2.46. The fourth-order valence-electron chi connectivity index (χ4n) is 4.58. The molecule has 4 rings (SSSR count). The van der Waals surface area contributed by atoms with Gasteiger partial charge in [-0.3, -0.25) is 0 Å². The molecule has 0 spiro atoms. The summed E-state index contributed by atoms with van der Waals surface area (Å²) in [6.45, 7) is 5.48. The number of alkyl halides is 3. The molecule has 0 heterocycles. The Morgan fingerprint density at radius 3 is 1.44 bits per heavy atom. The Morgan fingerprint density at radius 1 is 0.647 bits per heavy atom. The van der Waals surface area contributed by atoms with Crippen molar-refractivity contribution < 1.29 is 17.9 Å². The van der Waals surface area contributed by atoms with Gasteiger partial charge in [-0.05, 0) is 85.5 Å². The zero-order chi connectivity index (χ0) is 24.3. The fourth-order valence-corrected chi connectivity index (χ4v) is 9.02. The molecule has 5 heteroatoms. The highest BCUT2D eigenvalue weighted by Crippen LogP contribution is 2.59. The maximum atomic E-state index is 13.0. The number of aryl methyl sites for hydroxylation is 1. The lowest BCUT2D eigenvalue weighted by molar-refractivity contribution is -0.274. The van der Waals surface area contributed by atoms with Gasteiger partial charge in [0.2, 0.25) is 0 Å². The van der Waals surface area contributed by atoms with Crippen molar-refractivity contribution in [2.45, 2.75) is 33.3 Å². The predicted molar refractivity (Wildman–Crippen MR) is 136 cm³/mol. The van der Waals surface area contributed by atoms with E-state index in [1.807, 2.05) is 32.0 Å². The molecule has 4 aromatic carbocycles. The quantitative estimate of drug-likeness (QED) is 0.271. The molecular weight excluding hydrogens is 452 g/mol. The second-order valence-corrected chi connectivity index (χ2v) is 11.9. The van der Waals surface area contributed by atoms with Gasteiger partial charge in [-0.2, -0.15) is 0 Å². The van der Waals surface area contributed by atoms with Gasteiger partial charge in [0.25, 0.3) is 0 Å². The van der Waals surface area contributed by atoms with Crippen LogP contribution >= 0.6 is 7.26 Å². The molecule has 4 aromatic rings. The monoisotopic (exact) mass is 479 g/mol. The molecular formula is C29H27F3OP+. The largest absolute Gasteiger partial charge is 0.573 e. The van der Waals surface area contributed by atoms with Crippen LogP contribution in [0.4, 0.5) is 13.2 Å². The average molecular weight is 480 g/mol. The van der Waals surface area contributed by atoms with Crippen LogP contribution < -0.4 is 20.7 Å². The van der Waals surface area contributed by atoms with Crippen LogP contribution in [0.3, 0.4) is 0 Å². The van der Waals surface area contributed by atoms with E-state index in [0.29, 0.717) is 11.7 Å². The van der Waals surface area contributed by atoms with Crippen LogP contribution in [-0.4, -0.2) is 6.36 Å². The third-order valence-electron chi connectivity index (χ3n) is 6.42.